The van der Waals surface area contributed by atoms with Crippen molar-refractivity contribution in [3.8, 4) is 0 Å². The Balaban J connectivity index is 1.60. The van der Waals surface area contributed by atoms with Gasteiger partial charge < -0.3 is 10.1 Å². The lowest BCUT2D eigenvalue weighted by Crippen LogP contribution is -2.32. The van der Waals surface area contributed by atoms with Crippen molar-refractivity contribution in [3.05, 3.63) is 65.7 Å². The van der Waals surface area contributed by atoms with Crippen molar-refractivity contribution in [2.45, 2.75) is 44.6 Å². The van der Waals surface area contributed by atoms with Crippen LogP contribution in [-0.2, 0) is 10.2 Å². The molecule has 142 valence electrons. The quantitative estimate of drug-likeness (QED) is 0.819. The molecule has 2 N–H and O–H groups in total. The Labute approximate surface area is 160 Å². The molecule has 0 atom stereocenters. The second-order valence-corrected chi connectivity index (χ2v) is 8.04. The summed E-state index contributed by atoms with van der Waals surface area (Å²) in [6.07, 6.45) is 1.62. The Bertz CT molecular complexity index is 821. The molecule has 0 aliphatic heterocycles. The fraction of sp³-hybridized carbons (Fsp3) is 0.364. The van der Waals surface area contributed by atoms with E-state index in [1.807, 2.05) is 18.2 Å². The lowest BCUT2D eigenvalue weighted by atomic mass is 9.96. The molecule has 0 spiro atoms. The Morgan fingerprint density at radius 2 is 1.74 bits per heavy atom. The van der Waals surface area contributed by atoms with Crippen molar-refractivity contribution in [1.29, 1.82) is 0 Å². The first-order valence-corrected chi connectivity index (χ1v) is 9.21. The molecule has 1 fully saturated rings. The molecule has 5 heteroatoms. The van der Waals surface area contributed by atoms with Crippen molar-refractivity contribution in [3.63, 3.8) is 0 Å². The molecule has 2 aromatic rings. The van der Waals surface area contributed by atoms with Gasteiger partial charge in [-0.2, -0.15) is 0 Å². The highest BCUT2D eigenvalue weighted by Crippen LogP contribution is 2.47. The normalized spacial score (nSPS) is 14.9. The number of hydrogen-bond donors (Lipinski definition) is 2. The summed E-state index contributed by atoms with van der Waals surface area (Å²) in [5.41, 5.74) is 1.79. The third kappa shape index (κ3) is 5.09. The van der Waals surface area contributed by atoms with Gasteiger partial charge in [-0.3, -0.25) is 10.1 Å². The molecular weight excluding hydrogens is 340 g/mol. The number of carbonyl (C=O) groups is 2. The summed E-state index contributed by atoms with van der Waals surface area (Å²) >= 11 is 0. The van der Waals surface area contributed by atoms with E-state index in [2.05, 4.69) is 22.8 Å². The van der Waals surface area contributed by atoms with Gasteiger partial charge in [-0.05, 0) is 57.4 Å². The largest absolute Gasteiger partial charge is 0.444 e. The second kappa shape index (κ2) is 7.43. The van der Waals surface area contributed by atoms with E-state index in [-0.39, 0.29) is 11.3 Å². The maximum absolute atomic E-state index is 12.6. The van der Waals surface area contributed by atoms with E-state index < -0.39 is 11.7 Å². The van der Waals surface area contributed by atoms with E-state index in [1.54, 1.807) is 45.0 Å². The summed E-state index contributed by atoms with van der Waals surface area (Å²) in [5, 5.41) is 5.70. The first-order chi connectivity index (χ1) is 12.8. The molecule has 1 aliphatic rings. The van der Waals surface area contributed by atoms with E-state index in [0.29, 0.717) is 17.8 Å². The van der Waals surface area contributed by atoms with Gasteiger partial charge in [-0.25, -0.2) is 4.79 Å². The van der Waals surface area contributed by atoms with Gasteiger partial charge >= 0.3 is 6.09 Å². The molecule has 27 heavy (non-hydrogen) atoms. The molecule has 0 unspecified atom stereocenters. The average Bonchev–Trinajstić information content (AvgIpc) is 3.40. The van der Waals surface area contributed by atoms with E-state index in [9.17, 15) is 9.59 Å². The van der Waals surface area contributed by atoms with Crippen molar-refractivity contribution in [2.24, 2.45) is 0 Å². The minimum Gasteiger partial charge on any atom is -0.444 e. The van der Waals surface area contributed by atoms with Crippen LogP contribution in [0.25, 0.3) is 0 Å². The summed E-state index contributed by atoms with van der Waals surface area (Å²) in [4.78, 5) is 24.5. The lowest BCUT2D eigenvalue weighted by molar-refractivity contribution is 0.0635. The number of hydrogen-bond acceptors (Lipinski definition) is 3. The summed E-state index contributed by atoms with van der Waals surface area (Å²) in [7, 11) is 0. The van der Waals surface area contributed by atoms with Gasteiger partial charge in [0.15, 0.2) is 0 Å². The van der Waals surface area contributed by atoms with Crippen LogP contribution in [0, 0.1) is 0 Å². The smallest absolute Gasteiger partial charge is 0.412 e. The summed E-state index contributed by atoms with van der Waals surface area (Å²) in [5.74, 6) is -0.148. The molecule has 2 aromatic carbocycles. The predicted molar refractivity (Wildman–Crippen MR) is 106 cm³/mol. The molecular formula is C22H26N2O3. The molecule has 0 aromatic heterocycles. The van der Waals surface area contributed by atoms with E-state index >= 15 is 0 Å². The molecule has 0 saturated heterocycles. The number of rotatable bonds is 5. The highest BCUT2D eigenvalue weighted by atomic mass is 16.6. The maximum atomic E-state index is 12.6. The number of carbonyl (C=O) groups excluding carboxylic acids is 2. The van der Waals surface area contributed by atoms with Crippen LogP contribution in [0.15, 0.2) is 54.6 Å². The second-order valence-electron chi connectivity index (χ2n) is 8.04. The summed E-state index contributed by atoms with van der Waals surface area (Å²) in [6, 6.07) is 17.2. The first kappa shape index (κ1) is 19.0. The zero-order chi connectivity index (χ0) is 19.5. The van der Waals surface area contributed by atoms with Crippen molar-refractivity contribution in [1.82, 2.24) is 5.32 Å². The third-order valence-electron chi connectivity index (χ3n) is 4.60. The zero-order valence-electron chi connectivity index (χ0n) is 16.0. The molecule has 0 radical (unpaired) electrons. The minimum absolute atomic E-state index is 0.0588. The summed E-state index contributed by atoms with van der Waals surface area (Å²) in [6.45, 7) is 6.02. The Hall–Kier alpha value is -2.82. The number of amides is 2. The Morgan fingerprint density at radius 3 is 2.37 bits per heavy atom. The highest BCUT2D eigenvalue weighted by Gasteiger charge is 2.44. The molecule has 5 nitrogen and oxygen atoms in total. The van der Waals surface area contributed by atoms with E-state index in [4.69, 9.17) is 4.74 Å². The SMILES string of the molecule is CC(C)(C)OC(=O)Nc1cccc(C(=O)NCC2(c3ccccc3)CC2)c1. The van der Waals surface area contributed by atoms with Crippen molar-refractivity contribution in [2.75, 3.05) is 11.9 Å². The van der Waals surface area contributed by atoms with Gasteiger partial charge in [0.1, 0.15) is 5.60 Å². The van der Waals surface area contributed by atoms with Crippen LogP contribution in [0.4, 0.5) is 10.5 Å². The van der Waals surface area contributed by atoms with E-state index in [0.717, 1.165) is 12.8 Å². The van der Waals surface area contributed by atoms with Crippen LogP contribution in [0.5, 0.6) is 0 Å². The van der Waals surface area contributed by atoms with Gasteiger partial charge in [-0.15, -0.1) is 0 Å². The van der Waals surface area contributed by atoms with E-state index in [1.165, 1.54) is 5.56 Å². The van der Waals surface area contributed by atoms with Crippen LogP contribution in [0.3, 0.4) is 0 Å². The first-order valence-electron chi connectivity index (χ1n) is 9.21. The molecule has 0 bridgehead atoms. The highest BCUT2D eigenvalue weighted by molar-refractivity contribution is 5.96. The molecule has 0 heterocycles. The minimum atomic E-state index is -0.574. The average molecular weight is 366 g/mol. The third-order valence-corrected chi connectivity index (χ3v) is 4.60. The van der Waals surface area contributed by atoms with Gasteiger partial charge in [0.2, 0.25) is 0 Å². The predicted octanol–water partition coefficient (Wildman–Crippen LogP) is 4.50. The van der Waals surface area contributed by atoms with Crippen LogP contribution in [-0.4, -0.2) is 24.1 Å². The van der Waals surface area contributed by atoms with Crippen LogP contribution >= 0.6 is 0 Å². The number of ether oxygens (including phenoxy) is 1. The van der Waals surface area contributed by atoms with Gasteiger partial charge in [0.05, 0.1) is 0 Å². The van der Waals surface area contributed by atoms with Crippen LogP contribution in [0.1, 0.15) is 49.5 Å². The standard InChI is InChI=1S/C22H26N2O3/c1-21(2,3)27-20(26)24-18-11-7-8-16(14-18)19(25)23-15-22(12-13-22)17-9-5-4-6-10-17/h4-11,14H,12-13,15H2,1-3H3,(H,23,25)(H,24,26). The van der Waals surface area contributed by atoms with Crippen molar-refractivity contribution < 1.29 is 14.3 Å². The molecule has 1 aliphatic carbocycles. The monoisotopic (exact) mass is 366 g/mol. The number of nitrogens with one attached hydrogen (secondary N) is 2. The summed E-state index contributed by atoms with van der Waals surface area (Å²) < 4.78 is 5.24. The number of benzene rings is 2. The molecule has 1 saturated carbocycles. The van der Waals surface area contributed by atoms with Crippen molar-refractivity contribution >= 4 is 17.7 Å². The van der Waals surface area contributed by atoms with Gasteiger partial charge in [0, 0.05) is 23.2 Å². The van der Waals surface area contributed by atoms with Crippen LogP contribution < -0.4 is 10.6 Å². The fourth-order valence-corrected chi connectivity index (χ4v) is 3.02. The molecule has 3 rings (SSSR count). The molecule has 2 amide bonds. The maximum Gasteiger partial charge on any atom is 0.412 e. The van der Waals surface area contributed by atoms with Gasteiger partial charge in [-0.1, -0.05) is 36.4 Å². The van der Waals surface area contributed by atoms with Gasteiger partial charge in [0.25, 0.3) is 5.91 Å². The fourth-order valence-electron chi connectivity index (χ4n) is 3.02. The Morgan fingerprint density at radius 1 is 1.04 bits per heavy atom. The Kier molecular flexibility index (Phi) is 5.22. The zero-order valence-corrected chi connectivity index (χ0v) is 16.0. The van der Waals surface area contributed by atoms with Crippen LogP contribution in [0.2, 0.25) is 0 Å². The lowest BCUT2D eigenvalue weighted by Gasteiger charge is -2.20. The number of anilines is 1. The topological polar surface area (TPSA) is 67.4 Å².